The number of rotatable bonds is 3. The number of benzene rings is 1. The van der Waals surface area contributed by atoms with Crippen LogP contribution in [0.3, 0.4) is 0 Å². The average Bonchev–Trinajstić information content (AvgIpc) is 2.62. The predicted octanol–water partition coefficient (Wildman–Crippen LogP) is 4.74. The molecule has 3 heteroatoms. The zero-order valence-electron chi connectivity index (χ0n) is 12.3. The van der Waals surface area contributed by atoms with E-state index in [4.69, 9.17) is 0 Å². The van der Waals surface area contributed by atoms with Crippen LogP contribution in [0.1, 0.15) is 46.0 Å². The molecular weight excluding hydrogens is 251 g/mol. The minimum absolute atomic E-state index is 0.267. The van der Waals surface area contributed by atoms with Crippen LogP contribution < -0.4 is 5.32 Å². The van der Waals surface area contributed by atoms with Gasteiger partial charge in [0.05, 0.1) is 6.07 Å². The minimum Gasteiger partial charge on any atom is -0.367 e. The molecule has 1 saturated carbocycles. The molecule has 0 saturated heterocycles. The van der Waals surface area contributed by atoms with E-state index in [1.54, 1.807) is 6.07 Å². The Labute approximate surface area is 121 Å². The summed E-state index contributed by atoms with van der Waals surface area (Å²) in [6.07, 6.45) is 4.98. The van der Waals surface area contributed by atoms with Crippen LogP contribution in [0.4, 0.5) is 10.1 Å². The highest BCUT2D eigenvalue weighted by molar-refractivity contribution is 5.47. The number of hydrogen-bond donors (Lipinski definition) is 1. The smallest absolute Gasteiger partial charge is 0.125 e. The van der Waals surface area contributed by atoms with Crippen molar-refractivity contribution in [2.24, 2.45) is 11.8 Å². The molecule has 1 aromatic rings. The molecule has 0 aromatic heterocycles. The van der Waals surface area contributed by atoms with E-state index in [0.29, 0.717) is 17.5 Å². The number of nitrogens with one attached hydrogen (secondary N) is 1. The zero-order chi connectivity index (χ0) is 14.6. The summed E-state index contributed by atoms with van der Waals surface area (Å²) in [7, 11) is 0. The highest BCUT2D eigenvalue weighted by Gasteiger charge is 2.33. The zero-order valence-corrected chi connectivity index (χ0v) is 12.3. The Hall–Kier alpha value is -1.56. The molecule has 0 aliphatic heterocycles. The van der Waals surface area contributed by atoms with E-state index in [1.807, 2.05) is 6.07 Å². The Morgan fingerprint density at radius 2 is 2.15 bits per heavy atom. The van der Waals surface area contributed by atoms with Crippen molar-refractivity contribution in [1.82, 2.24) is 0 Å². The van der Waals surface area contributed by atoms with Crippen LogP contribution in [0.5, 0.6) is 0 Å². The molecule has 2 rings (SSSR count). The molecule has 1 N–H and O–H groups in total. The van der Waals surface area contributed by atoms with Crippen LogP contribution in [-0.4, -0.2) is 5.54 Å². The lowest BCUT2D eigenvalue weighted by Crippen LogP contribution is -2.36. The summed E-state index contributed by atoms with van der Waals surface area (Å²) in [6.45, 7) is 4.51. The van der Waals surface area contributed by atoms with E-state index in [0.717, 1.165) is 25.7 Å². The van der Waals surface area contributed by atoms with Crippen molar-refractivity contribution < 1.29 is 4.39 Å². The van der Waals surface area contributed by atoms with Crippen molar-refractivity contribution in [3.8, 4) is 6.07 Å². The number of halogens is 1. The Morgan fingerprint density at radius 1 is 1.35 bits per heavy atom. The van der Waals surface area contributed by atoms with Gasteiger partial charge in [-0.3, -0.25) is 0 Å². The van der Waals surface area contributed by atoms with Crippen molar-refractivity contribution >= 4 is 5.69 Å². The van der Waals surface area contributed by atoms with Gasteiger partial charge in [0, 0.05) is 5.69 Å². The van der Waals surface area contributed by atoms with Crippen molar-refractivity contribution in [2.75, 3.05) is 5.32 Å². The normalized spacial score (nSPS) is 26.9. The monoisotopic (exact) mass is 274 g/mol. The third kappa shape index (κ3) is 3.50. The number of nitrogens with zero attached hydrogens (tertiary/aromatic N) is 1. The quantitative estimate of drug-likeness (QED) is 0.808. The number of anilines is 1. The van der Waals surface area contributed by atoms with Gasteiger partial charge in [-0.05, 0) is 55.7 Å². The fourth-order valence-corrected chi connectivity index (χ4v) is 3.14. The summed E-state index contributed by atoms with van der Waals surface area (Å²) < 4.78 is 13.3. The van der Waals surface area contributed by atoms with E-state index in [9.17, 15) is 9.65 Å². The third-order valence-electron chi connectivity index (χ3n) is 4.49. The largest absolute Gasteiger partial charge is 0.367 e. The second-order valence-corrected chi connectivity index (χ2v) is 6.26. The standard InChI is InChI=1S/C17H23FN2/c1-13(2)14-5-4-9-17(12-19,10-8-14)20-16-7-3-6-15(18)11-16/h3,6-7,11,13-14,20H,4-5,8-10H2,1-2H3. The summed E-state index contributed by atoms with van der Waals surface area (Å²) in [6, 6.07) is 8.84. The lowest BCUT2D eigenvalue weighted by atomic mass is 9.87. The second kappa shape index (κ2) is 6.26. The highest BCUT2D eigenvalue weighted by Crippen LogP contribution is 2.35. The molecule has 108 valence electrons. The van der Waals surface area contributed by atoms with Gasteiger partial charge in [0.15, 0.2) is 0 Å². The molecule has 1 fully saturated rings. The van der Waals surface area contributed by atoms with Gasteiger partial charge in [0.2, 0.25) is 0 Å². The Kier molecular flexibility index (Phi) is 4.65. The average molecular weight is 274 g/mol. The number of hydrogen-bond acceptors (Lipinski definition) is 2. The molecule has 2 unspecified atom stereocenters. The molecule has 20 heavy (non-hydrogen) atoms. The molecule has 0 bridgehead atoms. The van der Waals surface area contributed by atoms with Gasteiger partial charge in [0.25, 0.3) is 0 Å². The van der Waals surface area contributed by atoms with Crippen LogP contribution in [0, 0.1) is 29.0 Å². The Balaban J connectivity index is 2.12. The summed E-state index contributed by atoms with van der Waals surface area (Å²) >= 11 is 0. The van der Waals surface area contributed by atoms with E-state index in [-0.39, 0.29) is 5.82 Å². The van der Waals surface area contributed by atoms with Gasteiger partial charge in [-0.15, -0.1) is 0 Å². The highest BCUT2D eigenvalue weighted by atomic mass is 19.1. The predicted molar refractivity (Wildman–Crippen MR) is 79.8 cm³/mol. The van der Waals surface area contributed by atoms with Crippen LogP contribution in [0.25, 0.3) is 0 Å². The van der Waals surface area contributed by atoms with Crippen LogP contribution in [-0.2, 0) is 0 Å². The van der Waals surface area contributed by atoms with Crippen molar-refractivity contribution in [3.63, 3.8) is 0 Å². The molecule has 0 amide bonds. The number of nitriles is 1. The first kappa shape index (κ1) is 14.8. The molecule has 0 radical (unpaired) electrons. The maximum absolute atomic E-state index is 13.3. The maximum Gasteiger partial charge on any atom is 0.125 e. The molecule has 1 aliphatic carbocycles. The summed E-state index contributed by atoms with van der Waals surface area (Å²) in [5.41, 5.74) is 0.159. The van der Waals surface area contributed by atoms with Crippen molar-refractivity contribution in [1.29, 1.82) is 5.26 Å². The van der Waals surface area contributed by atoms with Crippen molar-refractivity contribution in [3.05, 3.63) is 30.1 Å². The van der Waals surface area contributed by atoms with Gasteiger partial charge in [-0.1, -0.05) is 26.3 Å². The lowest BCUT2D eigenvalue weighted by molar-refractivity contribution is 0.339. The molecule has 2 nitrogen and oxygen atoms in total. The first-order valence-corrected chi connectivity index (χ1v) is 7.50. The Bertz CT molecular complexity index is 492. The second-order valence-electron chi connectivity index (χ2n) is 6.26. The van der Waals surface area contributed by atoms with E-state index in [1.165, 1.54) is 18.6 Å². The van der Waals surface area contributed by atoms with E-state index < -0.39 is 5.54 Å². The first-order chi connectivity index (χ1) is 9.54. The van der Waals surface area contributed by atoms with Gasteiger partial charge >= 0.3 is 0 Å². The topological polar surface area (TPSA) is 35.8 Å². The molecule has 1 aromatic carbocycles. The maximum atomic E-state index is 13.3. The third-order valence-corrected chi connectivity index (χ3v) is 4.49. The molecular formula is C17H23FN2. The van der Waals surface area contributed by atoms with E-state index >= 15 is 0 Å². The van der Waals surface area contributed by atoms with Gasteiger partial charge in [-0.25, -0.2) is 4.39 Å². The Morgan fingerprint density at radius 3 is 2.80 bits per heavy atom. The summed E-state index contributed by atoms with van der Waals surface area (Å²) in [4.78, 5) is 0. The summed E-state index contributed by atoms with van der Waals surface area (Å²) in [5.74, 6) is 1.09. The lowest BCUT2D eigenvalue weighted by Gasteiger charge is -2.28. The van der Waals surface area contributed by atoms with Crippen LogP contribution >= 0.6 is 0 Å². The van der Waals surface area contributed by atoms with Gasteiger partial charge in [0.1, 0.15) is 11.4 Å². The molecule has 0 heterocycles. The first-order valence-electron chi connectivity index (χ1n) is 7.50. The summed E-state index contributed by atoms with van der Waals surface area (Å²) in [5, 5.41) is 12.9. The van der Waals surface area contributed by atoms with E-state index in [2.05, 4.69) is 25.2 Å². The fourth-order valence-electron chi connectivity index (χ4n) is 3.14. The molecule has 2 atom stereocenters. The van der Waals surface area contributed by atoms with Crippen molar-refractivity contribution in [2.45, 2.75) is 51.5 Å². The molecule has 0 spiro atoms. The van der Waals surface area contributed by atoms with Gasteiger partial charge < -0.3 is 5.32 Å². The van der Waals surface area contributed by atoms with Crippen LogP contribution in [0.2, 0.25) is 0 Å². The fraction of sp³-hybridized carbons (Fsp3) is 0.588. The minimum atomic E-state index is -0.544. The molecule has 1 aliphatic rings. The van der Waals surface area contributed by atoms with Gasteiger partial charge in [-0.2, -0.15) is 5.26 Å². The van der Waals surface area contributed by atoms with Crippen LogP contribution in [0.15, 0.2) is 24.3 Å². The SMILES string of the molecule is CC(C)C1CCCC(C#N)(Nc2cccc(F)c2)CC1.